The second kappa shape index (κ2) is 4.44. The minimum absolute atomic E-state index is 0.157. The molecule has 2 N–H and O–H groups in total. The zero-order chi connectivity index (χ0) is 7.28. The molecule has 0 heterocycles. The Balaban J connectivity index is 3.68. The van der Waals surface area contributed by atoms with Gasteiger partial charge in [-0.3, -0.25) is 0 Å². The smallest absolute Gasteiger partial charge is 0.266 e. The monoisotopic (exact) mass is 135 g/mol. The fourth-order valence-corrected chi connectivity index (χ4v) is 0.531. The van der Waals surface area contributed by atoms with E-state index in [4.69, 9.17) is 5.73 Å². The third-order valence-electron chi connectivity index (χ3n) is 1.19. The number of hydrogen-bond acceptors (Lipinski definition) is 1. The maximum absolute atomic E-state index is 11.5. The summed E-state index contributed by atoms with van der Waals surface area (Å²) in [6.45, 7) is 2.13. The molecule has 0 aromatic carbocycles. The molecule has 0 spiro atoms. The summed E-state index contributed by atoms with van der Waals surface area (Å²) in [4.78, 5) is 0. The summed E-state index contributed by atoms with van der Waals surface area (Å²) in [5, 5.41) is 0. The second-order valence-corrected chi connectivity index (χ2v) is 1.86. The van der Waals surface area contributed by atoms with Crippen LogP contribution in [0.4, 0.5) is 8.78 Å². The van der Waals surface area contributed by atoms with Gasteiger partial charge < -0.3 is 5.73 Å². The van der Waals surface area contributed by atoms with Gasteiger partial charge in [0.05, 0.1) is 0 Å². The Morgan fingerprint density at radius 1 is 1.67 bits per heavy atom. The van der Waals surface area contributed by atoms with Crippen LogP contribution in [-0.4, -0.2) is 6.54 Å². The van der Waals surface area contributed by atoms with Crippen LogP contribution < -0.4 is 5.73 Å². The maximum Gasteiger partial charge on any atom is 0.266 e. The lowest BCUT2D eigenvalue weighted by Gasteiger charge is -2.02. The molecule has 0 saturated heterocycles. The summed E-state index contributed by atoms with van der Waals surface area (Å²) in [7, 11) is 0. The van der Waals surface area contributed by atoms with Crippen molar-refractivity contribution in [2.75, 3.05) is 6.54 Å². The highest BCUT2D eigenvalue weighted by Gasteiger charge is 2.00. The van der Waals surface area contributed by atoms with Crippen LogP contribution in [0.15, 0.2) is 12.2 Å². The van der Waals surface area contributed by atoms with Crippen molar-refractivity contribution < 1.29 is 8.78 Å². The van der Waals surface area contributed by atoms with Gasteiger partial charge in [-0.2, -0.15) is 8.78 Å². The standard InChI is InChI=1S/C6H11F2N/c1-2-5(4-9)3-6(7)8/h3,5H,2,4,9H2,1H3. The van der Waals surface area contributed by atoms with Gasteiger partial charge in [0, 0.05) is 0 Å². The third kappa shape index (κ3) is 4.09. The fourth-order valence-electron chi connectivity index (χ4n) is 0.531. The van der Waals surface area contributed by atoms with Crippen LogP contribution in [0.25, 0.3) is 0 Å². The normalized spacial score (nSPS) is 12.9. The van der Waals surface area contributed by atoms with Crippen molar-refractivity contribution in [3.05, 3.63) is 12.2 Å². The van der Waals surface area contributed by atoms with E-state index in [2.05, 4.69) is 0 Å². The van der Waals surface area contributed by atoms with Crippen LogP contribution in [-0.2, 0) is 0 Å². The quantitative estimate of drug-likeness (QED) is 0.626. The summed E-state index contributed by atoms with van der Waals surface area (Å²) < 4.78 is 22.9. The van der Waals surface area contributed by atoms with Crippen LogP contribution in [0, 0.1) is 5.92 Å². The van der Waals surface area contributed by atoms with E-state index in [1.165, 1.54) is 0 Å². The molecule has 54 valence electrons. The SMILES string of the molecule is CCC(C=C(F)F)CN. The summed E-state index contributed by atoms with van der Waals surface area (Å²) in [6.07, 6.45) is -0.0549. The van der Waals surface area contributed by atoms with Crippen LogP contribution in [0.1, 0.15) is 13.3 Å². The predicted octanol–water partition coefficient (Wildman–Crippen LogP) is 1.75. The van der Waals surface area contributed by atoms with E-state index in [0.29, 0.717) is 13.0 Å². The van der Waals surface area contributed by atoms with E-state index < -0.39 is 6.08 Å². The van der Waals surface area contributed by atoms with E-state index in [-0.39, 0.29) is 5.92 Å². The first-order chi connectivity index (χ1) is 4.20. The van der Waals surface area contributed by atoms with E-state index in [1.54, 1.807) is 0 Å². The van der Waals surface area contributed by atoms with Crippen molar-refractivity contribution in [2.45, 2.75) is 13.3 Å². The van der Waals surface area contributed by atoms with Gasteiger partial charge in [-0.05, 0) is 25.0 Å². The number of nitrogens with two attached hydrogens (primary N) is 1. The van der Waals surface area contributed by atoms with Gasteiger partial charge in [0.15, 0.2) is 0 Å². The van der Waals surface area contributed by atoms with Crippen molar-refractivity contribution in [1.29, 1.82) is 0 Å². The summed E-state index contributed by atoms with van der Waals surface area (Å²) in [6, 6.07) is 0. The lowest BCUT2D eigenvalue weighted by Crippen LogP contribution is -2.10. The first-order valence-electron chi connectivity index (χ1n) is 2.93. The van der Waals surface area contributed by atoms with Gasteiger partial charge in [0.25, 0.3) is 6.08 Å². The lowest BCUT2D eigenvalue weighted by molar-refractivity contribution is 0.407. The Morgan fingerprint density at radius 2 is 2.22 bits per heavy atom. The molecule has 0 saturated carbocycles. The molecular formula is C6H11F2N. The first-order valence-corrected chi connectivity index (χ1v) is 2.93. The Labute approximate surface area is 53.5 Å². The second-order valence-electron chi connectivity index (χ2n) is 1.86. The first kappa shape index (κ1) is 8.56. The van der Waals surface area contributed by atoms with E-state index >= 15 is 0 Å². The zero-order valence-electron chi connectivity index (χ0n) is 5.40. The molecule has 1 atom stereocenters. The molecule has 0 amide bonds. The summed E-state index contributed by atoms with van der Waals surface area (Å²) >= 11 is 0. The predicted molar refractivity (Wildman–Crippen MR) is 33.1 cm³/mol. The molecule has 0 aliphatic rings. The van der Waals surface area contributed by atoms with Gasteiger partial charge in [-0.25, -0.2) is 0 Å². The molecule has 0 aliphatic carbocycles. The molecule has 0 rings (SSSR count). The molecule has 1 unspecified atom stereocenters. The Morgan fingerprint density at radius 3 is 2.33 bits per heavy atom. The van der Waals surface area contributed by atoms with Crippen molar-refractivity contribution >= 4 is 0 Å². The van der Waals surface area contributed by atoms with Crippen molar-refractivity contribution in [1.82, 2.24) is 0 Å². The Kier molecular flexibility index (Phi) is 4.22. The minimum atomic E-state index is -1.63. The minimum Gasteiger partial charge on any atom is -0.330 e. The van der Waals surface area contributed by atoms with Crippen LogP contribution in [0.2, 0.25) is 0 Å². The van der Waals surface area contributed by atoms with Crippen molar-refractivity contribution in [3.8, 4) is 0 Å². The van der Waals surface area contributed by atoms with Crippen LogP contribution >= 0.6 is 0 Å². The average Bonchev–Trinajstić information content (AvgIpc) is 1.82. The van der Waals surface area contributed by atoms with Crippen molar-refractivity contribution in [3.63, 3.8) is 0 Å². The van der Waals surface area contributed by atoms with Gasteiger partial charge in [0.2, 0.25) is 0 Å². The van der Waals surface area contributed by atoms with Gasteiger partial charge in [-0.1, -0.05) is 6.92 Å². The molecule has 1 nitrogen and oxygen atoms in total. The zero-order valence-corrected chi connectivity index (χ0v) is 5.40. The molecule has 0 aromatic rings. The maximum atomic E-state index is 11.5. The highest BCUT2D eigenvalue weighted by atomic mass is 19.3. The van der Waals surface area contributed by atoms with Gasteiger partial charge >= 0.3 is 0 Å². The average molecular weight is 135 g/mol. The third-order valence-corrected chi connectivity index (χ3v) is 1.19. The fraction of sp³-hybridized carbons (Fsp3) is 0.667. The largest absolute Gasteiger partial charge is 0.330 e. The number of hydrogen-bond donors (Lipinski definition) is 1. The van der Waals surface area contributed by atoms with E-state index in [1.807, 2.05) is 6.92 Å². The molecule has 0 fully saturated rings. The van der Waals surface area contributed by atoms with E-state index in [0.717, 1.165) is 6.08 Å². The topological polar surface area (TPSA) is 26.0 Å². The van der Waals surface area contributed by atoms with Gasteiger partial charge in [0.1, 0.15) is 0 Å². The van der Waals surface area contributed by atoms with E-state index in [9.17, 15) is 8.78 Å². The summed E-state index contributed by atoms with van der Waals surface area (Å²) in [5.41, 5.74) is 5.15. The van der Waals surface area contributed by atoms with Crippen molar-refractivity contribution in [2.24, 2.45) is 11.7 Å². The lowest BCUT2D eigenvalue weighted by atomic mass is 10.1. The Hall–Kier alpha value is -0.440. The number of halogens is 2. The highest BCUT2D eigenvalue weighted by Crippen LogP contribution is 2.07. The molecule has 0 bridgehead atoms. The molecule has 9 heavy (non-hydrogen) atoms. The van der Waals surface area contributed by atoms with Gasteiger partial charge in [-0.15, -0.1) is 0 Å². The molecule has 0 radical (unpaired) electrons. The molecule has 0 aromatic heterocycles. The Bertz CT molecular complexity index is 93.2. The number of rotatable bonds is 3. The molecule has 3 heteroatoms. The summed E-state index contributed by atoms with van der Waals surface area (Å²) in [5.74, 6) is -0.157. The molecule has 0 aliphatic heterocycles. The highest BCUT2D eigenvalue weighted by molar-refractivity contribution is 4.87. The van der Waals surface area contributed by atoms with Crippen LogP contribution in [0.3, 0.4) is 0 Å². The van der Waals surface area contributed by atoms with Crippen LogP contribution in [0.5, 0.6) is 0 Å². The molecular weight excluding hydrogens is 124 g/mol.